The Labute approximate surface area is 268 Å². The molecule has 1 N–H and O–H groups in total. The van der Waals surface area contributed by atoms with Crippen LogP contribution in [0.3, 0.4) is 0 Å². The summed E-state index contributed by atoms with van der Waals surface area (Å²) in [5.74, 6) is -9.29. The van der Waals surface area contributed by atoms with Gasteiger partial charge in [0.05, 0.1) is 18.6 Å². The number of pyridine rings is 1. The van der Waals surface area contributed by atoms with E-state index in [1.54, 1.807) is 44.2 Å². The van der Waals surface area contributed by atoms with Gasteiger partial charge in [0, 0.05) is 18.3 Å². The van der Waals surface area contributed by atoms with Crippen LogP contribution in [0.5, 0.6) is 11.5 Å². The first-order chi connectivity index (χ1) is 22.4. The molecule has 0 bridgehead atoms. The van der Waals surface area contributed by atoms with E-state index in [9.17, 15) is 32.8 Å². The molecule has 1 fully saturated rings. The SMILES string of the molecule is COc1ccnc(C(=O)N[C@H]2COC(=O)[C@H](Cc3ccccc3)[C@@H](OC(=O)C(C)C)[C@H](C)OC2=O)c1OC(=O)c1ccc(F)cc1F. The average molecular weight is 655 g/mol. The lowest BCUT2D eigenvalue weighted by Crippen LogP contribution is -2.47. The molecule has 0 spiro atoms. The lowest BCUT2D eigenvalue weighted by atomic mass is 9.91. The molecule has 248 valence electrons. The Hall–Kier alpha value is -5.40. The van der Waals surface area contributed by atoms with E-state index in [2.05, 4.69) is 10.3 Å². The highest BCUT2D eigenvalue weighted by atomic mass is 19.1. The second-order valence-electron chi connectivity index (χ2n) is 10.9. The molecule has 0 saturated carbocycles. The van der Waals surface area contributed by atoms with Gasteiger partial charge in [0.15, 0.2) is 23.6 Å². The fourth-order valence-corrected chi connectivity index (χ4v) is 4.63. The highest BCUT2D eigenvalue weighted by Gasteiger charge is 2.42. The number of benzene rings is 2. The molecule has 4 rings (SSSR count). The van der Waals surface area contributed by atoms with E-state index in [1.165, 1.54) is 20.1 Å². The normalized spacial score (nSPS) is 19.7. The minimum Gasteiger partial charge on any atom is -0.493 e. The molecular formula is C33H32F2N2O10. The zero-order valence-electron chi connectivity index (χ0n) is 25.9. The summed E-state index contributed by atoms with van der Waals surface area (Å²) in [7, 11) is 1.21. The van der Waals surface area contributed by atoms with Gasteiger partial charge in [0.1, 0.15) is 30.3 Å². The Balaban J connectivity index is 1.60. The van der Waals surface area contributed by atoms with Gasteiger partial charge in [-0.05, 0) is 31.0 Å². The van der Waals surface area contributed by atoms with Crippen molar-refractivity contribution in [3.05, 3.63) is 89.2 Å². The highest BCUT2D eigenvalue weighted by molar-refractivity contribution is 6.00. The van der Waals surface area contributed by atoms with Crippen molar-refractivity contribution in [3.8, 4) is 11.5 Å². The predicted molar refractivity (Wildman–Crippen MR) is 158 cm³/mol. The number of amides is 1. The summed E-state index contributed by atoms with van der Waals surface area (Å²) in [6.45, 7) is 3.99. The number of halogens is 2. The third-order valence-electron chi connectivity index (χ3n) is 7.12. The van der Waals surface area contributed by atoms with Crippen LogP contribution in [0.2, 0.25) is 0 Å². The molecule has 14 heteroatoms. The van der Waals surface area contributed by atoms with Gasteiger partial charge in [0.25, 0.3) is 5.91 Å². The number of nitrogens with one attached hydrogen (secondary N) is 1. The topological polar surface area (TPSA) is 156 Å². The van der Waals surface area contributed by atoms with Crippen molar-refractivity contribution in [2.45, 2.75) is 45.4 Å². The van der Waals surface area contributed by atoms with Gasteiger partial charge in [-0.1, -0.05) is 44.2 Å². The zero-order valence-corrected chi connectivity index (χ0v) is 25.9. The Morgan fingerprint density at radius 1 is 1.04 bits per heavy atom. The maximum atomic E-state index is 14.3. The number of nitrogens with zero attached hydrogens (tertiary/aromatic N) is 1. The molecule has 1 aliphatic rings. The molecule has 1 aliphatic heterocycles. The van der Waals surface area contributed by atoms with Gasteiger partial charge >= 0.3 is 23.9 Å². The van der Waals surface area contributed by atoms with E-state index in [-0.39, 0.29) is 12.2 Å². The van der Waals surface area contributed by atoms with Crippen LogP contribution in [-0.2, 0) is 35.0 Å². The summed E-state index contributed by atoms with van der Waals surface area (Å²) in [5, 5.41) is 2.35. The number of rotatable bonds is 9. The number of hydrogen-bond donors (Lipinski definition) is 1. The largest absolute Gasteiger partial charge is 0.493 e. The summed E-state index contributed by atoms with van der Waals surface area (Å²) >= 11 is 0. The Morgan fingerprint density at radius 2 is 1.77 bits per heavy atom. The second kappa shape index (κ2) is 15.3. The fourth-order valence-electron chi connectivity index (χ4n) is 4.63. The fraction of sp³-hybridized carbons (Fsp3) is 0.333. The van der Waals surface area contributed by atoms with E-state index >= 15 is 0 Å². The summed E-state index contributed by atoms with van der Waals surface area (Å²) in [6, 6.07) is 10.7. The monoisotopic (exact) mass is 654 g/mol. The summed E-state index contributed by atoms with van der Waals surface area (Å²) in [6.07, 6.45) is -1.14. The number of esters is 4. The second-order valence-corrected chi connectivity index (χ2v) is 10.9. The maximum Gasteiger partial charge on any atom is 0.346 e. The minimum absolute atomic E-state index is 0.0890. The molecule has 4 atom stereocenters. The molecule has 0 aliphatic carbocycles. The molecule has 0 unspecified atom stereocenters. The van der Waals surface area contributed by atoms with Crippen LogP contribution >= 0.6 is 0 Å². The molecule has 47 heavy (non-hydrogen) atoms. The van der Waals surface area contributed by atoms with E-state index < -0.39 is 95.1 Å². The average Bonchev–Trinajstić information content (AvgIpc) is 3.07. The number of carbonyl (C=O) groups is 5. The van der Waals surface area contributed by atoms with Crippen LogP contribution in [0.4, 0.5) is 8.78 Å². The maximum absolute atomic E-state index is 14.3. The number of hydrogen-bond acceptors (Lipinski definition) is 11. The molecule has 12 nitrogen and oxygen atoms in total. The van der Waals surface area contributed by atoms with Crippen LogP contribution in [0.15, 0.2) is 60.8 Å². The predicted octanol–water partition coefficient (Wildman–Crippen LogP) is 3.60. The first-order valence-electron chi connectivity index (χ1n) is 14.5. The van der Waals surface area contributed by atoms with Crippen molar-refractivity contribution in [1.29, 1.82) is 0 Å². The summed E-state index contributed by atoms with van der Waals surface area (Å²) in [4.78, 5) is 69.5. The number of aromatic nitrogens is 1. The van der Waals surface area contributed by atoms with Gasteiger partial charge in [0.2, 0.25) is 5.75 Å². The molecule has 0 radical (unpaired) electrons. The van der Waals surface area contributed by atoms with Crippen LogP contribution < -0.4 is 14.8 Å². The molecule has 3 aromatic rings. The van der Waals surface area contributed by atoms with Gasteiger partial charge in [-0.2, -0.15) is 0 Å². The van der Waals surface area contributed by atoms with E-state index in [0.29, 0.717) is 6.07 Å². The van der Waals surface area contributed by atoms with E-state index in [1.807, 2.05) is 0 Å². The van der Waals surface area contributed by atoms with Crippen LogP contribution in [0, 0.1) is 23.5 Å². The van der Waals surface area contributed by atoms with Crippen molar-refractivity contribution >= 4 is 29.8 Å². The quantitative estimate of drug-likeness (QED) is 0.266. The van der Waals surface area contributed by atoms with E-state index in [4.69, 9.17) is 23.7 Å². The van der Waals surface area contributed by atoms with Crippen molar-refractivity contribution in [2.24, 2.45) is 11.8 Å². The zero-order chi connectivity index (χ0) is 34.2. The van der Waals surface area contributed by atoms with Gasteiger partial charge in [-0.3, -0.25) is 14.4 Å². The van der Waals surface area contributed by atoms with Crippen molar-refractivity contribution in [2.75, 3.05) is 13.7 Å². The van der Waals surface area contributed by atoms with Crippen LogP contribution in [-0.4, -0.2) is 66.7 Å². The summed E-state index contributed by atoms with van der Waals surface area (Å²) in [5.41, 5.74) is -0.463. The Bertz CT molecular complexity index is 1650. The third-order valence-corrected chi connectivity index (χ3v) is 7.12. The smallest absolute Gasteiger partial charge is 0.346 e. The lowest BCUT2D eigenvalue weighted by Gasteiger charge is -2.29. The molecule has 2 heterocycles. The van der Waals surface area contributed by atoms with Gasteiger partial charge in [-0.25, -0.2) is 23.4 Å². The molecule has 2 aromatic carbocycles. The first-order valence-corrected chi connectivity index (χ1v) is 14.5. The minimum atomic E-state index is -1.59. The molecular weight excluding hydrogens is 622 g/mol. The van der Waals surface area contributed by atoms with Crippen molar-refractivity contribution in [1.82, 2.24) is 10.3 Å². The number of carbonyl (C=O) groups excluding carboxylic acids is 5. The van der Waals surface area contributed by atoms with Crippen molar-refractivity contribution < 1.29 is 56.4 Å². The first kappa shape index (κ1) is 34.5. The molecule has 1 saturated heterocycles. The van der Waals surface area contributed by atoms with Crippen LogP contribution in [0.25, 0.3) is 0 Å². The summed E-state index contributed by atoms with van der Waals surface area (Å²) < 4.78 is 54.8. The van der Waals surface area contributed by atoms with Gasteiger partial charge < -0.3 is 29.0 Å². The number of ether oxygens (including phenoxy) is 5. The lowest BCUT2D eigenvalue weighted by molar-refractivity contribution is -0.176. The molecule has 1 aromatic heterocycles. The van der Waals surface area contributed by atoms with Crippen molar-refractivity contribution in [3.63, 3.8) is 0 Å². The van der Waals surface area contributed by atoms with E-state index in [0.717, 1.165) is 23.9 Å². The third kappa shape index (κ3) is 8.45. The molecule has 1 amide bonds. The number of methoxy groups -OCH3 is 1. The highest BCUT2D eigenvalue weighted by Crippen LogP contribution is 2.31. The van der Waals surface area contributed by atoms with Crippen LogP contribution in [0.1, 0.15) is 47.2 Å². The standard InChI is InChI=1S/C33H32F2N2O10/c1-17(2)30(39)46-27-18(3)45-33(42)24(16-44-31(40)22(27)14-19-8-6-5-7-9-19)37-29(38)26-28(25(43-4)12-13-36-26)47-32(41)21-11-10-20(34)15-23(21)35/h5-13,15,17-18,22,24,27H,14,16H2,1-4H3,(H,37,38)/t18-,22+,24-,27-/m0/s1. The Kier molecular flexibility index (Phi) is 11.2. The number of cyclic esters (lactones) is 2. The Morgan fingerprint density at radius 3 is 2.43 bits per heavy atom. The van der Waals surface area contributed by atoms with Gasteiger partial charge in [-0.15, -0.1) is 0 Å².